The molecular formula is C13H14IN3O. The van der Waals surface area contributed by atoms with Gasteiger partial charge >= 0.3 is 0 Å². The summed E-state index contributed by atoms with van der Waals surface area (Å²) >= 11 is 2.05. The van der Waals surface area contributed by atoms with E-state index in [1.165, 1.54) is 0 Å². The summed E-state index contributed by atoms with van der Waals surface area (Å²) in [6, 6.07) is 1.87. The van der Waals surface area contributed by atoms with Crippen LogP contribution in [-0.4, -0.2) is 15.0 Å². The number of halogens is 1. The van der Waals surface area contributed by atoms with Crippen molar-refractivity contribution < 1.29 is 0 Å². The van der Waals surface area contributed by atoms with E-state index in [0.717, 1.165) is 16.8 Å². The van der Waals surface area contributed by atoms with Crippen LogP contribution in [0.25, 0.3) is 11.4 Å². The van der Waals surface area contributed by atoms with Crippen LogP contribution in [0, 0.1) is 10.5 Å². The standard InChI is InChI=1S/C13H14IN3O/c1-7(2)11-10(14)13(18)17-12(16-11)9-4-5-15-6-8(9)3/h4-7H,1-3H3,(H,16,17,18). The van der Waals surface area contributed by atoms with Gasteiger partial charge < -0.3 is 4.98 Å². The fourth-order valence-corrected chi connectivity index (χ4v) is 2.60. The SMILES string of the molecule is Cc1cnccc1-c1nc(C(C)C)c(I)c(=O)[nH]1. The summed E-state index contributed by atoms with van der Waals surface area (Å²) in [5.41, 5.74) is 2.67. The van der Waals surface area contributed by atoms with Gasteiger partial charge in [0.1, 0.15) is 5.82 Å². The second-order valence-corrected chi connectivity index (χ2v) is 5.54. The molecule has 0 aliphatic carbocycles. The maximum absolute atomic E-state index is 11.9. The third-order valence-electron chi connectivity index (χ3n) is 2.71. The van der Waals surface area contributed by atoms with Crippen LogP contribution in [0.4, 0.5) is 0 Å². The summed E-state index contributed by atoms with van der Waals surface area (Å²) in [6.45, 7) is 6.02. The van der Waals surface area contributed by atoms with Crippen LogP contribution >= 0.6 is 22.6 Å². The molecule has 0 spiro atoms. The fraction of sp³-hybridized carbons (Fsp3) is 0.308. The summed E-state index contributed by atoms with van der Waals surface area (Å²) in [6.07, 6.45) is 3.47. The molecule has 0 aliphatic rings. The molecule has 0 atom stereocenters. The normalized spacial score (nSPS) is 10.9. The number of H-pyrrole nitrogens is 1. The Hall–Kier alpha value is -1.24. The fourth-order valence-electron chi connectivity index (χ4n) is 1.73. The van der Waals surface area contributed by atoms with E-state index in [4.69, 9.17) is 0 Å². The molecule has 2 rings (SSSR count). The van der Waals surface area contributed by atoms with E-state index < -0.39 is 0 Å². The van der Waals surface area contributed by atoms with E-state index in [0.29, 0.717) is 9.39 Å². The quantitative estimate of drug-likeness (QED) is 0.843. The molecule has 0 bridgehead atoms. The lowest BCUT2D eigenvalue weighted by atomic mass is 10.1. The maximum atomic E-state index is 11.9. The largest absolute Gasteiger partial charge is 0.306 e. The molecule has 0 saturated heterocycles. The molecule has 2 aromatic heterocycles. The van der Waals surface area contributed by atoms with E-state index in [1.807, 2.05) is 49.4 Å². The van der Waals surface area contributed by atoms with Crippen molar-refractivity contribution in [1.82, 2.24) is 15.0 Å². The first-order chi connectivity index (χ1) is 8.50. The minimum Gasteiger partial charge on any atom is -0.306 e. The number of hydrogen-bond donors (Lipinski definition) is 1. The van der Waals surface area contributed by atoms with Crippen molar-refractivity contribution in [3.63, 3.8) is 0 Å². The number of aromatic amines is 1. The first kappa shape index (κ1) is 13.2. The van der Waals surface area contributed by atoms with Gasteiger partial charge in [-0.05, 0) is 47.1 Å². The van der Waals surface area contributed by atoms with Crippen molar-refractivity contribution in [2.24, 2.45) is 0 Å². The molecule has 94 valence electrons. The topological polar surface area (TPSA) is 58.6 Å². The molecule has 18 heavy (non-hydrogen) atoms. The average molecular weight is 355 g/mol. The lowest BCUT2D eigenvalue weighted by Gasteiger charge is -2.10. The Kier molecular flexibility index (Phi) is 3.79. The Morgan fingerprint density at radius 3 is 2.72 bits per heavy atom. The summed E-state index contributed by atoms with van der Waals surface area (Å²) in [4.78, 5) is 23.4. The molecule has 0 amide bonds. The summed E-state index contributed by atoms with van der Waals surface area (Å²) in [5.74, 6) is 0.837. The van der Waals surface area contributed by atoms with E-state index in [9.17, 15) is 4.79 Å². The first-order valence-corrected chi connectivity index (χ1v) is 6.79. The lowest BCUT2D eigenvalue weighted by molar-refractivity contribution is 0.802. The Morgan fingerprint density at radius 2 is 2.11 bits per heavy atom. The Morgan fingerprint density at radius 1 is 1.39 bits per heavy atom. The van der Waals surface area contributed by atoms with Crippen LogP contribution < -0.4 is 5.56 Å². The highest BCUT2D eigenvalue weighted by molar-refractivity contribution is 14.1. The molecule has 0 saturated carbocycles. The van der Waals surface area contributed by atoms with Gasteiger partial charge in [0.05, 0.1) is 9.26 Å². The van der Waals surface area contributed by atoms with Crippen LogP contribution in [0.2, 0.25) is 0 Å². The van der Waals surface area contributed by atoms with Crippen molar-refractivity contribution in [2.45, 2.75) is 26.7 Å². The van der Waals surface area contributed by atoms with Gasteiger partial charge in [0.2, 0.25) is 0 Å². The molecule has 0 aliphatic heterocycles. The summed E-state index contributed by atoms with van der Waals surface area (Å²) in [7, 11) is 0. The van der Waals surface area contributed by atoms with Crippen molar-refractivity contribution in [3.8, 4) is 11.4 Å². The zero-order chi connectivity index (χ0) is 13.3. The second-order valence-electron chi connectivity index (χ2n) is 4.46. The molecule has 5 heteroatoms. The first-order valence-electron chi connectivity index (χ1n) is 5.71. The number of rotatable bonds is 2. The van der Waals surface area contributed by atoms with Gasteiger partial charge in [0.25, 0.3) is 5.56 Å². The monoisotopic (exact) mass is 355 g/mol. The average Bonchev–Trinajstić information content (AvgIpc) is 2.33. The number of hydrogen-bond acceptors (Lipinski definition) is 3. The van der Waals surface area contributed by atoms with Crippen LogP contribution in [0.1, 0.15) is 31.0 Å². The lowest BCUT2D eigenvalue weighted by Crippen LogP contribution is -2.17. The highest BCUT2D eigenvalue weighted by Crippen LogP contribution is 2.21. The number of aromatic nitrogens is 3. The van der Waals surface area contributed by atoms with Gasteiger partial charge in [-0.1, -0.05) is 13.8 Å². The molecule has 2 heterocycles. The predicted molar refractivity (Wildman–Crippen MR) is 79.6 cm³/mol. The van der Waals surface area contributed by atoms with Crippen LogP contribution in [0.15, 0.2) is 23.3 Å². The van der Waals surface area contributed by atoms with Crippen molar-refractivity contribution in [2.75, 3.05) is 0 Å². The van der Waals surface area contributed by atoms with E-state index in [2.05, 4.69) is 15.0 Å². The minimum atomic E-state index is -0.0829. The second kappa shape index (κ2) is 5.17. The molecule has 4 nitrogen and oxygen atoms in total. The number of pyridine rings is 1. The molecular weight excluding hydrogens is 341 g/mol. The van der Waals surface area contributed by atoms with E-state index in [-0.39, 0.29) is 11.5 Å². The molecule has 2 aromatic rings. The van der Waals surface area contributed by atoms with Gasteiger partial charge in [-0.25, -0.2) is 4.98 Å². The predicted octanol–water partition coefficient (Wildman–Crippen LogP) is 2.87. The van der Waals surface area contributed by atoms with Gasteiger partial charge in [0, 0.05) is 18.0 Å². The number of nitrogens with zero attached hydrogens (tertiary/aromatic N) is 2. The third-order valence-corrected chi connectivity index (χ3v) is 3.75. The van der Waals surface area contributed by atoms with E-state index in [1.54, 1.807) is 12.4 Å². The Bertz CT molecular complexity index is 634. The molecule has 0 radical (unpaired) electrons. The number of aryl methyl sites for hydroxylation is 1. The van der Waals surface area contributed by atoms with Gasteiger partial charge in [-0.2, -0.15) is 0 Å². The maximum Gasteiger partial charge on any atom is 0.264 e. The van der Waals surface area contributed by atoms with Crippen LogP contribution in [0.5, 0.6) is 0 Å². The van der Waals surface area contributed by atoms with Gasteiger partial charge in [0.15, 0.2) is 0 Å². The smallest absolute Gasteiger partial charge is 0.264 e. The minimum absolute atomic E-state index is 0.0829. The Balaban J connectivity index is 2.67. The van der Waals surface area contributed by atoms with Gasteiger partial charge in [-0.3, -0.25) is 9.78 Å². The van der Waals surface area contributed by atoms with Crippen LogP contribution in [-0.2, 0) is 0 Å². The Labute approximate surface area is 119 Å². The molecule has 0 unspecified atom stereocenters. The van der Waals surface area contributed by atoms with Crippen LogP contribution in [0.3, 0.4) is 0 Å². The summed E-state index contributed by atoms with van der Waals surface area (Å²) in [5, 5.41) is 0. The molecule has 1 N–H and O–H groups in total. The molecule has 0 fully saturated rings. The highest BCUT2D eigenvalue weighted by atomic mass is 127. The zero-order valence-corrected chi connectivity index (χ0v) is 12.6. The highest BCUT2D eigenvalue weighted by Gasteiger charge is 2.13. The molecule has 0 aromatic carbocycles. The number of nitrogens with one attached hydrogen (secondary N) is 1. The third kappa shape index (κ3) is 2.45. The van der Waals surface area contributed by atoms with Gasteiger partial charge in [-0.15, -0.1) is 0 Å². The van der Waals surface area contributed by atoms with Crippen molar-refractivity contribution >= 4 is 22.6 Å². The summed E-state index contributed by atoms with van der Waals surface area (Å²) < 4.78 is 0.665. The van der Waals surface area contributed by atoms with Crippen molar-refractivity contribution in [1.29, 1.82) is 0 Å². The van der Waals surface area contributed by atoms with Crippen molar-refractivity contribution in [3.05, 3.63) is 43.6 Å². The zero-order valence-electron chi connectivity index (χ0n) is 10.5. The van der Waals surface area contributed by atoms with E-state index >= 15 is 0 Å².